The van der Waals surface area contributed by atoms with Crippen molar-refractivity contribution < 1.29 is 4.79 Å². The van der Waals surface area contributed by atoms with Crippen LogP contribution in [-0.2, 0) is 4.79 Å². The zero-order valence-electron chi connectivity index (χ0n) is 11.4. The Hall–Kier alpha value is -0.710. The summed E-state index contributed by atoms with van der Waals surface area (Å²) in [5, 5.41) is 3.76. The van der Waals surface area contributed by atoms with Gasteiger partial charge in [-0.05, 0) is 56.8 Å². The van der Waals surface area contributed by atoms with Crippen LogP contribution >= 0.6 is 23.4 Å². The number of primary amides is 1. The maximum atomic E-state index is 11.3. The molecule has 0 aromatic heterocycles. The van der Waals surface area contributed by atoms with E-state index in [1.165, 1.54) is 4.90 Å². The second-order valence-electron chi connectivity index (χ2n) is 4.71. The van der Waals surface area contributed by atoms with Crippen molar-refractivity contribution >= 4 is 29.3 Å². The summed E-state index contributed by atoms with van der Waals surface area (Å²) in [4.78, 5) is 12.5. The van der Waals surface area contributed by atoms with Gasteiger partial charge in [-0.2, -0.15) is 0 Å². The van der Waals surface area contributed by atoms with E-state index in [1.54, 1.807) is 18.8 Å². The van der Waals surface area contributed by atoms with Gasteiger partial charge in [-0.15, -0.1) is 11.8 Å². The molecule has 5 heteroatoms. The van der Waals surface area contributed by atoms with E-state index >= 15 is 0 Å². The minimum atomic E-state index is -0.592. The molecular weight excluding hydrogens is 280 g/mol. The van der Waals surface area contributed by atoms with Crippen LogP contribution in [0.3, 0.4) is 0 Å². The normalized spacial score (nSPS) is 14.1. The van der Waals surface area contributed by atoms with Gasteiger partial charge in [0.2, 0.25) is 5.91 Å². The van der Waals surface area contributed by atoms with E-state index in [0.29, 0.717) is 0 Å². The highest BCUT2D eigenvalue weighted by molar-refractivity contribution is 7.99. The molecule has 1 rings (SSSR count). The number of hydrogen-bond donors (Lipinski definition) is 2. The highest BCUT2D eigenvalue weighted by Crippen LogP contribution is 2.22. The highest BCUT2D eigenvalue weighted by atomic mass is 35.5. The molecule has 1 atom stereocenters. The van der Waals surface area contributed by atoms with Gasteiger partial charge in [0.05, 0.1) is 5.54 Å². The zero-order chi connectivity index (χ0) is 14.3. The predicted molar refractivity (Wildman–Crippen MR) is 82.7 cm³/mol. The maximum absolute atomic E-state index is 11.3. The van der Waals surface area contributed by atoms with Gasteiger partial charge in [0.1, 0.15) is 0 Å². The Morgan fingerprint density at radius 2 is 2.00 bits per heavy atom. The van der Waals surface area contributed by atoms with E-state index < -0.39 is 5.54 Å². The molecule has 0 aliphatic heterocycles. The third kappa shape index (κ3) is 5.43. The van der Waals surface area contributed by atoms with Crippen molar-refractivity contribution in [1.29, 1.82) is 0 Å². The Morgan fingerprint density at radius 1 is 1.37 bits per heavy atom. The first kappa shape index (κ1) is 16.3. The number of nitrogens with two attached hydrogens (primary N) is 1. The predicted octanol–water partition coefficient (Wildman–Crippen LogP) is 3.07. The maximum Gasteiger partial charge on any atom is 0.237 e. The molecule has 0 heterocycles. The molecule has 0 fully saturated rings. The molecule has 3 nitrogen and oxygen atoms in total. The minimum Gasteiger partial charge on any atom is -0.368 e. The molecule has 0 saturated carbocycles. The van der Waals surface area contributed by atoms with Crippen molar-refractivity contribution in [2.45, 2.75) is 36.6 Å². The molecule has 19 heavy (non-hydrogen) atoms. The Balaban J connectivity index is 2.24. The van der Waals surface area contributed by atoms with E-state index in [1.807, 2.05) is 31.2 Å². The first-order valence-corrected chi connectivity index (χ1v) is 7.71. The van der Waals surface area contributed by atoms with Crippen LogP contribution in [0.4, 0.5) is 0 Å². The van der Waals surface area contributed by atoms with E-state index in [2.05, 4.69) is 5.32 Å². The number of carbonyl (C=O) groups excluding carboxylic acids is 1. The van der Waals surface area contributed by atoms with Crippen LogP contribution in [0.25, 0.3) is 0 Å². The monoisotopic (exact) mass is 300 g/mol. The lowest BCUT2D eigenvalue weighted by molar-refractivity contribution is -0.123. The largest absolute Gasteiger partial charge is 0.368 e. The summed E-state index contributed by atoms with van der Waals surface area (Å²) in [5.41, 5.74) is 4.79. The molecule has 1 amide bonds. The van der Waals surface area contributed by atoms with Crippen molar-refractivity contribution in [3.63, 3.8) is 0 Å². The molecule has 1 aromatic rings. The van der Waals surface area contributed by atoms with Crippen LogP contribution in [0.5, 0.6) is 0 Å². The Labute approximate surface area is 124 Å². The first-order chi connectivity index (χ1) is 8.98. The summed E-state index contributed by atoms with van der Waals surface area (Å²) in [6, 6.07) is 7.84. The summed E-state index contributed by atoms with van der Waals surface area (Å²) < 4.78 is 0. The highest BCUT2D eigenvalue weighted by Gasteiger charge is 2.27. The number of amides is 1. The topological polar surface area (TPSA) is 55.1 Å². The number of benzene rings is 1. The Bertz CT molecular complexity index is 410. The van der Waals surface area contributed by atoms with E-state index in [0.717, 1.165) is 30.0 Å². The second-order valence-corrected chi connectivity index (χ2v) is 6.31. The number of rotatable bonds is 8. The summed E-state index contributed by atoms with van der Waals surface area (Å²) in [5.74, 6) is 0.737. The second kappa shape index (κ2) is 7.78. The van der Waals surface area contributed by atoms with Gasteiger partial charge in [-0.1, -0.05) is 18.0 Å². The number of likely N-dealkylation sites (N-methyl/N-ethyl adjacent to an activating group) is 1. The summed E-state index contributed by atoms with van der Waals surface area (Å²) in [6.07, 6.45) is 2.79. The van der Waals surface area contributed by atoms with Gasteiger partial charge in [-0.25, -0.2) is 0 Å². The number of hydrogen-bond acceptors (Lipinski definition) is 3. The molecule has 1 aromatic carbocycles. The van der Waals surface area contributed by atoms with Gasteiger partial charge < -0.3 is 11.1 Å². The number of carbonyl (C=O) groups is 1. The van der Waals surface area contributed by atoms with Crippen LogP contribution < -0.4 is 11.1 Å². The first-order valence-electron chi connectivity index (χ1n) is 6.35. The van der Waals surface area contributed by atoms with E-state index in [9.17, 15) is 4.79 Å². The Kier molecular flexibility index (Phi) is 6.69. The van der Waals surface area contributed by atoms with Gasteiger partial charge in [-0.3, -0.25) is 4.79 Å². The standard InChI is InChI=1S/C14H21ClN2OS/c1-14(17-2,13(16)18)9-3-4-10-19-12-7-5-11(15)6-8-12/h5-8,17H,3-4,9-10H2,1-2H3,(H2,16,18). The van der Waals surface area contributed by atoms with Crippen LogP contribution in [0, 0.1) is 0 Å². The molecule has 1 unspecified atom stereocenters. The third-order valence-electron chi connectivity index (χ3n) is 3.25. The fraction of sp³-hybridized carbons (Fsp3) is 0.500. The number of unbranched alkanes of at least 4 members (excludes halogenated alkanes) is 1. The average molecular weight is 301 g/mol. The van der Waals surface area contributed by atoms with Crippen molar-refractivity contribution in [3.05, 3.63) is 29.3 Å². The van der Waals surface area contributed by atoms with E-state index in [-0.39, 0.29) is 5.91 Å². The fourth-order valence-corrected chi connectivity index (χ4v) is 2.71. The molecule has 3 N–H and O–H groups in total. The van der Waals surface area contributed by atoms with Gasteiger partial charge in [0, 0.05) is 9.92 Å². The Morgan fingerprint density at radius 3 is 2.53 bits per heavy atom. The molecule has 0 spiro atoms. The summed E-state index contributed by atoms with van der Waals surface area (Å²) >= 11 is 7.63. The van der Waals surface area contributed by atoms with Crippen molar-refractivity contribution in [3.8, 4) is 0 Å². The smallest absolute Gasteiger partial charge is 0.237 e. The lowest BCUT2D eigenvalue weighted by atomic mass is 9.94. The molecule has 106 valence electrons. The summed E-state index contributed by atoms with van der Waals surface area (Å²) in [7, 11) is 1.77. The molecule has 0 aliphatic carbocycles. The van der Waals surface area contributed by atoms with Gasteiger partial charge in [0.15, 0.2) is 0 Å². The molecular formula is C14H21ClN2OS. The van der Waals surface area contributed by atoms with Crippen molar-refractivity contribution in [1.82, 2.24) is 5.32 Å². The fourth-order valence-electron chi connectivity index (χ4n) is 1.67. The van der Waals surface area contributed by atoms with Crippen LogP contribution in [-0.4, -0.2) is 24.2 Å². The lowest BCUT2D eigenvalue weighted by Crippen LogP contribution is -2.51. The molecule has 0 radical (unpaired) electrons. The van der Waals surface area contributed by atoms with Gasteiger partial charge in [0.25, 0.3) is 0 Å². The molecule has 0 saturated heterocycles. The van der Waals surface area contributed by atoms with Crippen LogP contribution in [0.2, 0.25) is 5.02 Å². The molecule has 0 bridgehead atoms. The summed E-state index contributed by atoms with van der Waals surface area (Å²) in [6.45, 7) is 1.85. The molecule has 0 aliphatic rings. The average Bonchev–Trinajstić information content (AvgIpc) is 2.40. The van der Waals surface area contributed by atoms with Crippen molar-refractivity contribution in [2.24, 2.45) is 5.73 Å². The number of nitrogens with one attached hydrogen (secondary N) is 1. The minimum absolute atomic E-state index is 0.291. The number of thioether (sulfide) groups is 1. The third-order valence-corrected chi connectivity index (χ3v) is 4.60. The lowest BCUT2D eigenvalue weighted by Gasteiger charge is -2.25. The van der Waals surface area contributed by atoms with Crippen LogP contribution in [0.1, 0.15) is 26.2 Å². The quantitative estimate of drug-likeness (QED) is 0.573. The van der Waals surface area contributed by atoms with E-state index in [4.69, 9.17) is 17.3 Å². The van der Waals surface area contributed by atoms with Crippen molar-refractivity contribution in [2.75, 3.05) is 12.8 Å². The SMILES string of the molecule is CNC(C)(CCCCSc1ccc(Cl)cc1)C(N)=O. The van der Waals surface area contributed by atoms with Gasteiger partial charge >= 0.3 is 0 Å². The number of halogens is 1. The van der Waals surface area contributed by atoms with Crippen LogP contribution in [0.15, 0.2) is 29.2 Å². The zero-order valence-corrected chi connectivity index (χ0v) is 13.0.